The van der Waals surface area contributed by atoms with Crippen molar-refractivity contribution in [2.75, 3.05) is 6.54 Å². The number of quaternary nitrogens is 1. The van der Waals surface area contributed by atoms with E-state index in [0.29, 0.717) is 29.2 Å². The van der Waals surface area contributed by atoms with Gasteiger partial charge < -0.3 is 15.0 Å². The van der Waals surface area contributed by atoms with Crippen LogP contribution >= 0.6 is 23.2 Å². The van der Waals surface area contributed by atoms with E-state index in [1.54, 1.807) is 0 Å². The standard InChI is InChI=1S/C19H22Cl2N2O/c1-3-12(2)22-10-15(24)11-23-18-6-4-13(20)8-16(18)17-9-14(21)5-7-19(17)23/h4-9,12,15,22,24H,3,10-11H2,1-2H3/p+1/t12-,15+/m1/s1. The van der Waals surface area contributed by atoms with E-state index in [9.17, 15) is 5.11 Å². The van der Waals surface area contributed by atoms with E-state index in [1.807, 2.05) is 36.4 Å². The minimum absolute atomic E-state index is 0.413. The van der Waals surface area contributed by atoms with Crippen LogP contribution in [0.25, 0.3) is 21.8 Å². The van der Waals surface area contributed by atoms with Crippen LogP contribution < -0.4 is 5.32 Å². The molecule has 2 atom stereocenters. The highest BCUT2D eigenvalue weighted by molar-refractivity contribution is 6.33. The highest BCUT2D eigenvalue weighted by atomic mass is 35.5. The van der Waals surface area contributed by atoms with Crippen molar-refractivity contribution in [3.05, 3.63) is 46.4 Å². The van der Waals surface area contributed by atoms with Gasteiger partial charge in [-0.05, 0) is 49.7 Å². The summed E-state index contributed by atoms with van der Waals surface area (Å²) < 4.78 is 2.16. The van der Waals surface area contributed by atoms with Gasteiger partial charge in [-0.2, -0.15) is 0 Å². The van der Waals surface area contributed by atoms with Gasteiger partial charge in [-0.25, -0.2) is 0 Å². The van der Waals surface area contributed by atoms with Crippen LogP contribution in [0.1, 0.15) is 20.3 Å². The van der Waals surface area contributed by atoms with E-state index in [-0.39, 0.29) is 0 Å². The first kappa shape index (κ1) is 17.6. The summed E-state index contributed by atoms with van der Waals surface area (Å²) in [7, 11) is 0. The number of fused-ring (bicyclic) bond motifs is 3. The third kappa shape index (κ3) is 3.55. The van der Waals surface area contributed by atoms with E-state index in [2.05, 4.69) is 23.7 Å². The Morgan fingerprint density at radius 3 is 2.08 bits per heavy atom. The largest absolute Gasteiger partial charge is 0.385 e. The van der Waals surface area contributed by atoms with Crippen molar-refractivity contribution < 1.29 is 10.4 Å². The van der Waals surface area contributed by atoms with Crippen molar-refractivity contribution in [3.63, 3.8) is 0 Å². The second-order valence-corrected chi connectivity index (χ2v) is 7.32. The Labute approximate surface area is 152 Å². The van der Waals surface area contributed by atoms with Gasteiger partial charge in [-0.1, -0.05) is 30.1 Å². The Morgan fingerprint density at radius 1 is 1.04 bits per heavy atom. The molecule has 0 saturated heterocycles. The Hall–Kier alpha value is -1.26. The summed E-state index contributed by atoms with van der Waals surface area (Å²) in [6.07, 6.45) is 0.684. The zero-order valence-corrected chi connectivity index (χ0v) is 15.5. The lowest BCUT2D eigenvalue weighted by atomic mass is 10.1. The molecule has 5 heteroatoms. The fraction of sp³-hybridized carbons (Fsp3) is 0.368. The maximum Gasteiger partial charge on any atom is 0.121 e. The van der Waals surface area contributed by atoms with E-state index in [0.717, 1.165) is 28.2 Å². The van der Waals surface area contributed by atoms with Gasteiger partial charge in [-0.3, -0.25) is 0 Å². The third-order valence-electron chi connectivity index (χ3n) is 4.64. The first-order valence-corrected chi connectivity index (χ1v) is 9.13. The molecule has 2 aromatic carbocycles. The maximum absolute atomic E-state index is 10.5. The average Bonchev–Trinajstić information content (AvgIpc) is 2.85. The number of benzene rings is 2. The summed E-state index contributed by atoms with van der Waals surface area (Å²) in [5.41, 5.74) is 2.14. The van der Waals surface area contributed by atoms with E-state index < -0.39 is 6.10 Å². The predicted octanol–water partition coefficient (Wildman–Crippen LogP) is 3.82. The number of hydrogen-bond donors (Lipinski definition) is 2. The van der Waals surface area contributed by atoms with Crippen LogP contribution in [0.3, 0.4) is 0 Å². The molecule has 0 fully saturated rings. The van der Waals surface area contributed by atoms with Crippen molar-refractivity contribution in [2.24, 2.45) is 0 Å². The maximum atomic E-state index is 10.5. The van der Waals surface area contributed by atoms with E-state index >= 15 is 0 Å². The molecule has 0 saturated carbocycles. The summed E-state index contributed by atoms with van der Waals surface area (Å²) in [5, 5.41) is 16.2. The number of aliphatic hydroxyl groups excluding tert-OH is 1. The fourth-order valence-electron chi connectivity index (χ4n) is 3.09. The summed E-state index contributed by atoms with van der Waals surface area (Å²) in [5.74, 6) is 0. The molecule has 3 nitrogen and oxygen atoms in total. The van der Waals surface area contributed by atoms with Crippen molar-refractivity contribution in [3.8, 4) is 0 Å². The lowest BCUT2D eigenvalue weighted by molar-refractivity contribution is -0.692. The number of rotatable bonds is 6. The first-order chi connectivity index (χ1) is 11.5. The van der Waals surface area contributed by atoms with Gasteiger partial charge in [0, 0.05) is 31.9 Å². The van der Waals surface area contributed by atoms with Gasteiger partial charge in [0.25, 0.3) is 0 Å². The molecule has 24 heavy (non-hydrogen) atoms. The zero-order chi connectivity index (χ0) is 17.3. The quantitative estimate of drug-likeness (QED) is 0.684. The predicted molar refractivity (Wildman–Crippen MR) is 102 cm³/mol. The number of halogens is 2. The molecule has 0 spiro atoms. The van der Waals surface area contributed by atoms with Crippen molar-refractivity contribution in [2.45, 2.75) is 39.0 Å². The third-order valence-corrected chi connectivity index (χ3v) is 5.11. The molecule has 1 heterocycles. The summed E-state index contributed by atoms with van der Waals surface area (Å²) in [4.78, 5) is 0. The molecule has 1 aromatic heterocycles. The number of hydrogen-bond acceptors (Lipinski definition) is 1. The van der Waals surface area contributed by atoms with Gasteiger partial charge in [-0.15, -0.1) is 0 Å². The van der Waals surface area contributed by atoms with Gasteiger partial charge in [0.1, 0.15) is 12.6 Å². The number of nitrogens with zero attached hydrogens (tertiary/aromatic N) is 1. The summed E-state index contributed by atoms with van der Waals surface area (Å²) in [6, 6.07) is 12.2. The molecule has 0 bridgehead atoms. The Bertz CT molecular complexity index is 800. The molecule has 128 valence electrons. The van der Waals surface area contributed by atoms with Crippen molar-refractivity contribution in [1.82, 2.24) is 4.57 Å². The van der Waals surface area contributed by atoms with Crippen molar-refractivity contribution in [1.29, 1.82) is 0 Å². The Balaban J connectivity index is 1.99. The molecule has 0 amide bonds. The van der Waals surface area contributed by atoms with Crippen LogP contribution in [-0.4, -0.2) is 28.4 Å². The van der Waals surface area contributed by atoms with Crippen LogP contribution in [0.15, 0.2) is 36.4 Å². The minimum Gasteiger partial charge on any atom is -0.385 e. The second kappa shape index (κ2) is 7.32. The van der Waals surface area contributed by atoms with Crippen LogP contribution in [0, 0.1) is 0 Å². The molecule has 0 aliphatic rings. The Kier molecular flexibility index (Phi) is 5.36. The normalized spacial score (nSPS) is 14.4. The van der Waals surface area contributed by atoms with Crippen LogP contribution in [0.5, 0.6) is 0 Å². The van der Waals surface area contributed by atoms with Crippen LogP contribution in [0.4, 0.5) is 0 Å². The van der Waals surface area contributed by atoms with Crippen molar-refractivity contribution >= 4 is 45.0 Å². The number of nitrogens with two attached hydrogens (primary N) is 1. The van der Waals surface area contributed by atoms with E-state index in [4.69, 9.17) is 23.2 Å². The lowest BCUT2D eigenvalue weighted by Crippen LogP contribution is -2.91. The average molecular weight is 366 g/mol. The van der Waals surface area contributed by atoms with Crippen LogP contribution in [-0.2, 0) is 6.54 Å². The minimum atomic E-state index is -0.413. The van der Waals surface area contributed by atoms with Gasteiger partial charge in [0.2, 0.25) is 0 Å². The lowest BCUT2D eigenvalue weighted by Gasteiger charge is -2.15. The topological polar surface area (TPSA) is 41.8 Å². The highest BCUT2D eigenvalue weighted by Crippen LogP contribution is 2.32. The molecule has 3 aromatic rings. The molecule has 0 aliphatic heterocycles. The molecular formula is C19H23Cl2N2O+. The van der Waals surface area contributed by atoms with Gasteiger partial charge >= 0.3 is 0 Å². The number of aliphatic hydroxyl groups is 1. The molecule has 3 N–H and O–H groups in total. The molecule has 0 radical (unpaired) electrons. The fourth-order valence-corrected chi connectivity index (χ4v) is 3.43. The molecular weight excluding hydrogens is 343 g/mol. The first-order valence-electron chi connectivity index (χ1n) is 8.38. The van der Waals surface area contributed by atoms with Gasteiger partial charge in [0.15, 0.2) is 0 Å². The monoisotopic (exact) mass is 365 g/mol. The summed E-state index contributed by atoms with van der Waals surface area (Å²) in [6.45, 7) is 5.58. The highest BCUT2D eigenvalue weighted by Gasteiger charge is 2.16. The van der Waals surface area contributed by atoms with E-state index in [1.165, 1.54) is 0 Å². The van der Waals surface area contributed by atoms with Crippen LogP contribution in [0.2, 0.25) is 10.0 Å². The SMILES string of the molecule is CC[C@@H](C)[NH2+]C[C@H](O)Cn1c2ccc(Cl)cc2c2cc(Cl)ccc21. The second-order valence-electron chi connectivity index (χ2n) is 6.44. The smallest absolute Gasteiger partial charge is 0.121 e. The zero-order valence-electron chi connectivity index (χ0n) is 14.0. The molecule has 0 aliphatic carbocycles. The molecule has 0 unspecified atom stereocenters. The number of aromatic nitrogens is 1. The Morgan fingerprint density at radius 2 is 1.58 bits per heavy atom. The summed E-state index contributed by atoms with van der Waals surface area (Å²) >= 11 is 12.4. The molecule has 3 rings (SSSR count). The van der Waals surface area contributed by atoms with Gasteiger partial charge in [0.05, 0.1) is 12.6 Å².